The summed E-state index contributed by atoms with van der Waals surface area (Å²) in [7, 11) is 0. The number of aliphatic hydroxyl groups is 3. The Labute approximate surface area is 137 Å². The second-order valence-electron chi connectivity index (χ2n) is 5.80. The number of nitrogens with zero attached hydrogens (tertiary/aromatic N) is 4. The lowest BCUT2D eigenvalue weighted by Gasteiger charge is -2.27. The van der Waals surface area contributed by atoms with E-state index in [1.165, 1.54) is 17.8 Å². The van der Waals surface area contributed by atoms with Gasteiger partial charge in [0.25, 0.3) is 0 Å². The molecule has 10 heteroatoms. The molecule has 3 heterocycles. The Morgan fingerprint density at radius 1 is 1.54 bits per heavy atom. The number of ether oxygens (including phenoxy) is 1. The Morgan fingerprint density at radius 3 is 2.92 bits per heavy atom. The molecule has 0 radical (unpaired) electrons. The zero-order valence-corrected chi connectivity index (χ0v) is 13.1. The summed E-state index contributed by atoms with van der Waals surface area (Å²) >= 11 is 0. The van der Waals surface area contributed by atoms with Gasteiger partial charge in [-0.15, -0.1) is 6.58 Å². The molecular weight excluding hydrogens is 316 g/mol. The van der Waals surface area contributed by atoms with Gasteiger partial charge in [-0.25, -0.2) is 4.98 Å². The molecule has 0 unspecified atom stereocenters. The molecule has 4 atom stereocenters. The van der Waals surface area contributed by atoms with Gasteiger partial charge in [0.2, 0.25) is 5.95 Å². The number of hydrogen-bond acceptors (Lipinski definition) is 9. The van der Waals surface area contributed by atoms with Crippen LogP contribution in [0, 0.1) is 0 Å². The quantitative estimate of drug-likeness (QED) is 0.433. The first-order valence-electron chi connectivity index (χ1n) is 7.41. The maximum atomic E-state index is 10.6. The number of rotatable bonds is 5. The lowest BCUT2D eigenvalue weighted by atomic mass is 9.96. The second-order valence-corrected chi connectivity index (χ2v) is 5.80. The minimum atomic E-state index is -1.64. The number of nitrogens with one attached hydrogen (secondary N) is 1. The largest absolute Gasteiger partial charge is 0.394 e. The molecule has 2 aromatic heterocycles. The van der Waals surface area contributed by atoms with Crippen LogP contribution in [-0.4, -0.2) is 65.8 Å². The van der Waals surface area contributed by atoms with Gasteiger partial charge in [-0.3, -0.25) is 4.57 Å². The lowest BCUT2D eigenvalue weighted by Crippen LogP contribution is -2.44. The highest BCUT2D eigenvalue weighted by Crippen LogP contribution is 2.39. The molecule has 0 amide bonds. The van der Waals surface area contributed by atoms with Crippen molar-refractivity contribution in [1.82, 2.24) is 19.5 Å². The van der Waals surface area contributed by atoms with Crippen LogP contribution >= 0.6 is 0 Å². The van der Waals surface area contributed by atoms with E-state index in [0.29, 0.717) is 23.5 Å². The summed E-state index contributed by atoms with van der Waals surface area (Å²) < 4.78 is 7.05. The molecular formula is C14H20N6O4. The molecule has 0 aromatic carbocycles. The molecule has 10 nitrogen and oxygen atoms in total. The monoisotopic (exact) mass is 336 g/mol. The van der Waals surface area contributed by atoms with Gasteiger partial charge in [0.1, 0.15) is 17.8 Å². The predicted octanol–water partition coefficient (Wildman–Crippen LogP) is -0.992. The number of aromatic nitrogens is 4. The van der Waals surface area contributed by atoms with Crippen molar-refractivity contribution < 1.29 is 20.1 Å². The van der Waals surface area contributed by atoms with Crippen molar-refractivity contribution in [3.63, 3.8) is 0 Å². The third-order valence-electron chi connectivity index (χ3n) is 4.04. The summed E-state index contributed by atoms with van der Waals surface area (Å²) in [4.78, 5) is 12.5. The van der Waals surface area contributed by atoms with E-state index in [2.05, 4.69) is 26.8 Å². The van der Waals surface area contributed by atoms with E-state index >= 15 is 0 Å². The smallest absolute Gasteiger partial charge is 0.224 e. The predicted molar refractivity (Wildman–Crippen MR) is 86.0 cm³/mol. The second kappa shape index (κ2) is 5.98. The van der Waals surface area contributed by atoms with Gasteiger partial charge in [-0.2, -0.15) is 9.97 Å². The van der Waals surface area contributed by atoms with Gasteiger partial charge in [0, 0.05) is 6.54 Å². The number of hydrogen-bond donors (Lipinski definition) is 5. The summed E-state index contributed by atoms with van der Waals surface area (Å²) in [6.45, 7) is 5.08. The zero-order valence-electron chi connectivity index (χ0n) is 13.1. The van der Waals surface area contributed by atoms with E-state index in [-0.39, 0.29) is 5.95 Å². The number of aliphatic hydroxyl groups excluding tert-OH is 2. The molecule has 0 aliphatic carbocycles. The summed E-state index contributed by atoms with van der Waals surface area (Å²) in [6.07, 6.45) is -0.0868. The first-order valence-corrected chi connectivity index (χ1v) is 7.41. The van der Waals surface area contributed by atoms with Crippen molar-refractivity contribution in [3.05, 3.63) is 19.0 Å². The van der Waals surface area contributed by atoms with Crippen LogP contribution in [0.5, 0.6) is 0 Å². The van der Waals surface area contributed by atoms with Crippen molar-refractivity contribution in [2.24, 2.45) is 0 Å². The highest BCUT2D eigenvalue weighted by molar-refractivity contribution is 5.84. The number of anilines is 2. The van der Waals surface area contributed by atoms with E-state index < -0.39 is 30.6 Å². The fraction of sp³-hybridized carbons (Fsp3) is 0.500. The first kappa shape index (κ1) is 16.6. The van der Waals surface area contributed by atoms with Gasteiger partial charge in [0.05, 0.1) is 12.9 Å². The van der Waals surface area contributed by atoms with Crippen LogP contribution in [0.4, 0.5) is 11.8 Å². The van der Waals surface area contributed by atoms with Crippen LogP contribution in [0.1, 0.15) is 13.2 Å². The first-order chi connectivity index (χ1) is 11.4. The van der Waals surface area contributed by atoms with E-state index in [1.807, 2.05) is 0 Å². The summed E-state index contributed by atoms with van der Waals surface area (Å²) in [5, 5.41) is 33.0. The fourth-order valence-electron chi connectivity index (χ4n) is 2.79. The zero-order chi connectivity index (χ0) is 17.5. The molecule has 3 rings (SSSR count). The minimum absolute atomic E-state index is 0.0210. The molecule has 0 bridgehead atoms. The third kappa shape index (κ3) is 2.49. The Hall–Kier alpha value is -2.27. The maximum Gasteiger partial charge on any atom is 0.224 e. The summed E-state index contributed by atoms with van der Waals surface area (Å²) in [5.74, 6) is 0.445. The normalized spacial score (nSPS) is 29.9. The van der Waals surface area contributed by atoms with Crippen LogP contribution in [-0.2, 0) is 4.74 Å². The van der Waals surface area contributed by atoms with Crippen LogP contribution < -0.4 is 11.1 Å². The molecule has 1 aliphatic rings. The lowest BCUT2D eigenvalue weighted by molar-refractivity contribution is -0.0950. The Balaban J connectivity index is 2.08. The van der Waals surface area contributed by atoms with Crippen molar-refractivity contribution in [2.45, 2.75) is 31.0 Å². The number of nitrogen functional groups attached to an aromatic ring is 1. The maximum absolute atomic E-state index is 10.6. The van der Waals surface area contributed by atoms with E-state index in [0.717, 1.165) is 0 Å². The van der Waals surface area contributed by atoms with Crippen LogP contribution in [0.25, 0.3) is 11.2 Å². The fourth-order valence-corrected chi connectivity index (χ4v) is 2.79. The Bertz CT molecular complexity index is 761. The van der Waals surface area contributed by atoms with Gasteiger partial charge in [-0.05, 0) is 6.92 Å². The van der Waals surface area contributed by atoms with Gasteiger partial charge >= 0.3 is 0 Å². The molecule has 0 spiro atoms. The molecule has 0 saturated carbocycles. The van der Waals surface area contributed by atoms with Gasteiger partial charge in [-0.1, -0.05) is 6.08 Å². The SMILES string of the molecule is C=CCNc1nc(N)nc2c1ncn2[C@@H]1O[C@H](CO)[C@@H](O)[C@@]1(C)O. The minimum Gasteiger partial charge on any atom is -0.394 e. The van der Waals surface area contributed by atoms with Crippen LogP contribution in [0.3, 0.4) is 0 Å². The molecule has 130 valence electrons. The number of imidazole rings is 1. The van der Waals surface area contributed by atoms with Crippen molar-refractivity contribution in [1.29, 1.82) is 0 Å². The summed E-state index contributed by atoms with van der Waals surface area (Å²) in [5.41, 5.74) is 4.88. The third-order valence-corrected chi connectivity index (χ3v) is 4.04. The molecule has 1 saturated heterocycles. The van der Waals surface area contributed by atoms with E-state index in [4.69, 9.17) is 10.5 Å². The number of nitrogens with two attached hydrogens (primary N) is 1. The highest BCUT2D eigenvalue weighted by Gasteiger charge is 2.53. The van der Waals surface area contributed by atoms with Gasteiger partial charge < -0.3 is 31.1 Å². The topological polar surface area (TPSA) is 152 Å². The number of fused-ring (bicyclic) bond motifs is 1. The Morgan fingerprint density at radius 2 is 2.29 bits per heavy atom. The standard InChI is InChI=1S/C14H20N6O4/c1-3-4-16-10-8-11(19-13(15)18-10)20(6-17-8)12-14(2,23)9(22)7(5-21)24-12/h3,6-7,9,12,21-23H,1,4-5H2,2H3,(H3,15,16,18,19)/t7-,9-,12-,14-/m1/s1. The molecule has 1 aliphatic heterocycles. The summed E-state index contributed by atoms with van der Waals surface area (Å²) in [6, 6.07) is 0. The van der Waals surface area contributed by atoms with E-state index in [1.54, 1.807) is 6.08 Å². The van der Waals surface area contributed by atoms with Crippen molar-refractivity contribution >= 4 is 22.9 Å². The van der Waals surface area contributed by atoms with Crippen LogP contribution in [0.15, 0.2) is 19.0 Å². The average molecular weight is 336 g/mol. The molecule has 6 N–H and O–H groups in total. The molecule has 24 heavy (non-hydrogen) atoms. The average Bonchev–Trinajstić information content (AvgIpc) is 3.05. The molecule has 2 aromatic rings. The van der Waals surface area contributed by atoms with Crippen LogP contribution in [0.2, 0.25) is 0 Å². The van der Waals surface area contributed by atoms with E-state index in [9.17, 15) is 15.3 Å². The van der Waals surface area contributed by atoms with Crippen molar-refractivity contribution in [2.75, 3.05) is 24.2 Å². The van der Waals surface area contributed by atoms with Gasteiger partial charge in [0.15, 0.2) is 23.2 Å². The Kier molecular flexibility index (Phi) is 4.13. The highest BCUT2D eigenvalue weighted by atomic mass is 16.6. The molecule has 1 fully saturated rings. The van der Waals surface area contributed by atoms with Crippen molar-refractivity contribution in [3.8, 4) is 0 Å².